The van der Waals surface area contributed by atoms with Crippen LogP contribution in [0.25, 0.3) is 0 Å². The summed E-state index contributed by atoms with van der Waals surface area (Å²) < 4.78 is 23.9. The molecule has 0 atom stereocenters. The Kier molecular flexibility index (Phi) is 4.35. The van der Waals surface area contributed by atoms with E-state index in [0.29, 0.717) is 5.69 Å². The standard InChI is InChI=1S/C12H19NO2S/c1-4-5-6-11-7-9-12(10-8-11)13(2)16(3,14)15/h7-10H,4-6H2,1-3H3. The molecule has 0 bridgehead atoms. The van der Waals surface area contributed by atoms with Crippen molar-refractivity contribution in [2.75, 3.05) is 17.6 Å². The molecule has 1 aromatic rings. The summed E-state index contributed by atoms with van der Waals surface area (Å²) in [5.74, 6) is 0. The van der Waals surface area contributed by atoms with Crippen molar-refractivity contribution in [3.63, 3.8) is 0 Å². The quantitative estimate of drug-likeness (QED) is 0.794. The van der Waals surface area contributed by atoms with E-state index in [2.05, 4.69) is 6.92 Å². The maximum atomic E-state index is 11.3. The van der Waals surface area contributed by atoms with Crippen LogP contribution in [0, 0.1) is 0 Å². The van der Waals surface area contributed by atoms with Crippen LogP contribution >= 0.6 is 0 Å². The third-order valence-corrected chi connectivity index (χ3v) is 3.82. The summed E-state index contributed by atoms with van der Waals surface area (Å²) in [7, 11) is -1.59. The minimum absolute atomic E-state index is 0.711. The van der Waals surface area contributed by atoms with E-state index < -0.39 is 10.0 Å². The molecule has 0 aliphatic carbocycles. The number of aryl methyl sites for hydroxylation is 1. The fraction of sp³-hybridized carbons (Fsp3) is 0.500. The van der Waals surface area contributed by atoms with Crippen molar-refractivity contribution in [3.8, 4) is 0 Å². The number of anilines is 1. The van der Waals surface area contributed by atoms with E-state index in [4.69, 9.17) is 0 Å². The van der Waals surface area contributed by atoms with Gasteiger partial charge in [-0.25, -0.2) is 8.42 Å². The predicted octanol–water partition coefficient (Wildman–Crippen LogP) is 2.43. The third kappa shape index (κ3) is 3.52. The van der Waals surface area contributed by atoms with Crippen LogP contribution in [-0.4, -0.2) is 21.7 Å². The second kappa shape index (κ2) is 5.34. The molecule has 0 saturated carbocycles. The first-order valence-corrected chi connectivity index (χ1v) is 7.33. The molecule has 0 N–H and O–H groups in total. The summed E-state index contributed by atoms with van der Waals surface area (Å²) in [5.41, 5.74) is 1.97. The van der Waals surface area contributed by atoms with Crippen molar-refractivity contribution < 1.29 is 8.42 Å². The predicted molar refractivity (Wildman–Crippen MR) is 68.3 cm³/mol. The molecule has 16 heavy (non-hydrogen) atoms. The van der Waals surface area contributed by atoms with Crippen LogP contribution < -0.4 is 4.31 Å². The van der Waals surface area contributed by atoms with Gasteiger partial charge in [0.1, 0.15) is 0 Å². The number of hydrogen-bond donors (Lipinski definition) is 0. The summed E-state index contributed by atoms with van der Waals surface area (Å²) >= 11 is 0. The lowest BCUT2D eigenvalue weighted by molar-refractivity contribution is 0.600. The van der Waals surface area contributed by atoms with Gasteiger partial charge in [-0.15, -0.1) is 0 Å². The molecule has 0 aliphatic rings. The zero-order chi connectivity index (χ0) is 12.2. The molecule has 0 aliphatic heterocycles. The molecule has 0 radical (unpaired) electrons. The zero-order valence-electron chi connectivity index (χ0n) is 10.1. The van der Waals surface area contributed by atoms with Crippen molar-refractivity contribution in [2.24, 2.45) is 0 Å². The molecule has 4 heteroatoms. The number of unbranched alkanes of at least 4 members (excludes halogenated alkanes) is 1. The number of sulfonamides is 1. The first-order chi connectivity index (χ1) is 7.45. The van der Waals surface area contributed by atoms with Gasteiger partial charge in [-0.3, -0.25) is 4.31 Å². The maximum absolute atomic E-state index is 11.3. The van der Waals surface area contributed by atoms with E-state index in [1.165, 1.54) is 29.0 Å². The van der Waals surface area contributed by atoms with Gasteiger partial charge < -0.3 is 0 Å². The van der Waals surface area contributed by atoms with E-state index in [-0.39, 0.29) is 0 Å². The number of nitrogens with zero attached hydrogens (tertiary/aromatic N) is 1. The normalized spacial score (nSPS) is 11.4. The first kappa shape index (κ1) is 13.0. The van der Waals surface area contributed by atoms with Crippen LogP contribution in [0.5, 0.6) is 0 Å². The Morgan fingerprint density at radius 3 is 2.19 bits per heavy atom. The Bertz CT molecular complexity index is 423. The van der Waals surface area contributed by atoms with Gasteiger partial charge in [0.15, 0.2) is 0 Å². The molecule has 90 valence electrons. The molecule has 0 unspecified atom stereocenters. The fourth-order valence-electron chi connectivity index (χ4n) is 1.44. The van der Waals surface area contributed by atoms with Gasteiger partial charge in [-0.1, -0.05) is 25.5 Å². The summed E-state index contributed by atoms with van der Waals surface area (Å²) in [6.07, 6.45) is 4.60. The van der Waals surface area contributed by atoms with Gasteiger partial charge >= 0.3 is 0 Å². The van der Waals surface area contributed by atoms with Crippen LogP contribution in [-0.2, 0) is 16.4 Å². The van der Waals surface area contributed by atoms with E-state index in [0.717, 1.165) is 6.42 Å². The lowest BCUT2D eigenvalue weighted by atomic mass is 10.1. The van der Waals surface area contributed by atoms with E-state index in [1.807, 2.05) is 24.3 Å². The number of hydrogen-bond acceptors (Lipinski definition) is 2. The van der Waals surface area contributed by atoms with Gasteiger partial charge in [-0.2, -0.15) is 0 Å². The van der Waals surface area contributed by atoms with E-state index in [9.17, 15) is 8.42 Å². The van der Waals surface area contributed by atoms with Gasteiger partial charge in [-0.05, 0) is 30.5 Å². The molecule has 0 saturated heterocycles. The minimum Gasteiger partial charge on any atom is -0.274 e. The molecular formula is C12H19NO2S. The molecule has 0 amide bonds. The molecule has 0 fully saturated rings. The summed E-state index contributed by atoms with van der Waals surface area (Å²) in [4.78, 5) is 0. The van der Waals surface area contributed by atoms with Gasteiger partial charge in [0, 0.05) is 7.05 Å². The molecule has 1 rings (SSSR count). The Morgan fingerprint density at radius 2 is 1.75 bits per heavy atom. The monoisotopic (exact) mass is 241 g/mol. The zero-order valence-corrected chi connectivity index (χ0v) is 10.9. The molecule has 0 heterocycles. The van der Waals surface area contributed by atoms with Crippen molar-refractivity contribution in [3.05, 3.63) is 29.8 Å². The van der Waals surface area contributed by atoms with Gasteiger partial charge in [0.2, 0.25) is 10.0 Å². The number of benzene rings is 1. The molecule has 1 aromatic carbocycles. The SMILES string of the molecule is CCCCc1ccc(N(C)S(C)(=O)=O)cc1. The van der Waals surface area contributed by atoms with Gasteiger partial charge in [0.25, 0.3) is 0 Å². The summed E-state index contributed by atoms with van der Waals surface area (Å²) in [5, 5.41) is 0. The van der Waals surface area contributed by atoms with Crippen LogP contribution in [0.3, 0.4) is 0 Å². The first-order valence-electron chi connectivity index (χ1n) is 5.48. The van der Waals surface area contributed by atoms with Crippen LogP contribution in [0.4, 0.5) is 5.69 Å². The fourth-order valence-corrected chi connectivity index (χ4v) is 1.95. The average molecular weight is 241 g/mol. The Morgan fingerprint density at radius 1 is 1.19 bits per heavy atom. The highest BCUT2D eigenvalue weighted by molar-refractivity contribution is 7.92. The second-order valence-corrected chi connectivity index (χ2v) is 6.01. The lowest BCUT2D eigenvalue weighted by Gasteiger charge is -2.16. The van der Waals surface area contributed by atoms with Crippen molar-refractivity contribution in [2.45, 2.75) is 26.2 Å². The highest BCUT2D eigenvalue weighted by atomic mass is 32.2. The van der Waals surface area contributed by atoms with Crippen LogP contribution in [0.15, 0.2) is 24.3 Å². The topological polar surface area (TPSA) is 37.4 Å². The average Bonchev–Trinajstić information content (AvgIpc) is 2.25. The third-order valence-electron chi connectivity index (χ3n) is 2.62. The lowest BCUT2D eigenvalue weighted by Crippen LogP contribution is -2.24. The van der Waals surface area contributed by atoms with Crippen molar-refractivity contribution in [1.29, 1.82) is 0 Å². The highest BCUT2D eigenvalue weighted by Gasteiger charge is 2.10. The Balaban J connectivity index is 2.79. The maximum Gasteiger partial charge on any atom is 0.231 e. The van der Waals surface area contributed by atoms with Crippen LogP contribution in [0.1, 0.15) is 25.3 Å². The smallest absolute Gasteiger partial charge is 0.231 e. The largest absolute Gasteiger partial charge is 0.274 e. The molecule has 3 nitrogen and oxygen atoms in total. The summed E-state index contributed by atoms with van der Waals surface area (Å²) in [6, 6.07) is 7.69. The highest BCUT2D eigenvalue weighted by Crippen LogP contribution is 2.17. The second-order valence-electron chi connectivity index (χ2n) is 4.00. The van der Waals surface area contributed by atoms with Crippen LogP contribution in [0.2, 0.25) is 0 Å². The van der Waals surface area contributed by atoms with E-state index in [1.54, 1.807) is 7.05 Å². The minimum atomic E-state index is -3.15. The summed E-state index contributed by atoms with van der Waals surface area (Å²) in [6.45, 7) is 2.16. The molecule has 0 aromatic heterocycles. The Hall–Kier alpha value is -1.03. The Labute approximate surface area is 98.1 Å². The molecule has 0 spiro atoms. The van der Waals surface area contributed by atoms with Gasteiger partial charge in [0.05, 0.1) is 11.9 Å². The van der Waals surface area contributed by atoms with Crippen molar-refractivity contribution >= 4 is 15.7 Å². The van der Waals surface area contributed by atoms with Crippen molar-refractivity contribution in [1.82, 2.24) is 0 Å². The van der Waals surface area contributed by atoms with E-state index >= 15 is 0 Å². The number of rotatable bonds is 5. The molecular weight excluding hydrogens is 222 g/mol.